The van der Waals surface area contributed by atoms with Gasteiger partial charge >= 0.3 is 5.97 Å². The molecule has 0 bridgehead atoms. The van der Waals surface area contributed by atoms with Crippen LogP contribution in [0.15, 0.2) is 18.2 Å². The van der Waals surface area contributed by atoms with Gasteiger partial charge in [-0.3, -0.25) is 14.5 Å². The topological polar surface area (TPSA) is 69.6 Å². The van der Waals surface area contributed by atoms with Crippen molar-refractivity contribution < 1.29 is 14.7 Å². The van der Waals surface area contributed by atoms with Crippen molar-refractivity contribution in [1.82, 2.24) is 4.90 Å². The van der Waals surface area contributed by atoms with E-state index in [1.165, 1.54) is 0 Å². The average Bonchev–Trinajstić information content (AvgIpc) is 2.32. The number of carboxylic acid groups (broad SMARTS) is 1. The zero-order chi connectivity index (χ0) is 15.3. The number of hydrogen-bond donors (Lipinski definition) is 2. The number of amides is 1. The van der Waals surface area contributed by atoms with Crippen LogP contribution in [0.2, 0.25) is 0 Å². The van der Waals surface area contributed by atoms with Crippen molar-refractivity contribution in [2.24, 2.45) is 0 Å². The first-order valence-corrected chi connectivity index (χ1v) is 6.63. The summed E-state index contributed by atoms with van der Waals surface area (Å²) in [5.41, 5.74) is 2.79. The van der Waals surface area contributed by atoms with Crippen LogP contribution in [-0.2, 0) is 9.59 Å². The van der Waals surface area contributed by atoms with Crippen LogP contribution >= 0.6 is 0 Å². The van der Waals surface area contributed by atoms with E-state index in [9.17, 15) is 9.59 Å². The molecule has 0 aromatic heterocycles. The molecule has 0 fully saturated rings. The molecule has 20 heavy (non-hydrogen) atoms. The van der Waals surface area contributed by atoms with Crippen LogP contribution in [0, 0.1) is 13.8 Å². The zero-order valence-electron chi connectivity index (χ0n) is 12.4. The van der Waals surface area contributed by atoms with Gasteiger partial charge in [0, 0.05) is 11.7 Å². The first-order chi connectivity index (χ1) is 9.31. The Hall–Kier alpha value is -1.88. The van der Waals surface area contributed by atoms with E-state index in [2.05, 4.69) is 5.32 Å². The molecule has 1 aromatic carbocycles. The van der Waals surface area contributed by atoms with Crippen LogP contribution in [0.3, 0.4) is 0 Å². The number of para-hydroxylation sites is 1. The Morgan fingerprint density at radius 3 is 2.20 bits per heavy atom. The molecule has 0 heterocycles. The van der Waals surface area contributed by atoms with E-state index in [4.69, 9.17) is 5.11 Å². The van der Waals surface area contributed by atoms with Crippen LogP contribution in [0.4, 0.5) is 5.69 Å². The number of nitrogens with zero attached hydrogens (tertiary/aromatic N) is 1. The Labute approximate surface area is 119 Å². The molecule has 1 rings (SSSR count). The molecular formula is C15H22N2O3. The Morgan fingerprint density at radius 1 is 1.20 bits per heavy atom. The van der Waals surface area contributed by atoms with Crippen molar-refractivity contribution >= 4 is 17.6 Å². The summed E-state index contributed by atoms with van der Waals surface area (Å²) in [4.78, 5) is 24.5. The van der Waals surface area contributed by atoms with Gasteiger partial charge in [-0.2, -0.15) is 0 Å². The second-order valence-corrected chi connectivity index (χ2v) is 5.21. The molecule has 1 amide bonds. The van der Waals surface area contributed by atoms with Crippen molar-refractivity contribution in [2.45, 2.75) is 33.7 Å². The number of anilines is 1. The van der Waals surface area contributed by atoms with Gasteiger partial charge in [-0.05, 0) is 38.8 Å². The third-order valence-corrected chi connectivity index (χ3v) is 3.16. The van der Waals surface area contributed by atoms with Crippen molar-refractivity contribution in [3.8, 4) is 0 Å². The molecule has 0 aliphatic rings. The summed E-state index contributed by atoms with van der Waals surface area (Å²) >= 11 is 0. The van der Waals surface area contributed by atoms with Gasteiger partial charge in [-0.15, -0.1) is 0 Å². The van der Waals surface area contributed by atoms with Gasteiger partial charge in [0.2, 0.25) is 5.91 Å². The Balaban J connectivity index is 2.73. The normalized spacial score (nSPS) is 10.9. The summed E-state index contributed by atoms with van der Waals surface area (Å²) in [5.74, 6) is -1.13. The number of benzene rings is 1. The summed E-state index contributed by atoms with van der Waals surface area (Å²) in [5, 5.41) is 11.7. The van der Waals surface area contributed by atoms with E-state index in [0.717, 1.165) is 16.8 Å². The second kappa shape index (κ2) is 7.05. The molecule has 0 unspecified atom stereocenters. The smallest absolute Gasteiger partial charge is 0.317 e. The van der Waals surface area contributed by atoms with Gasteiger partial charge in [0.25, 0.3) is 0 Å². The highest BCUT2D eigenvalue weighted by molar-refractivity contribution is 5.94. The number of aryl methyl sites for hydroxylation is 2. The Bertz CT molecular complexity index is 478. The number of hydrogen-bond acceptors (Lipinski definition) is 3. The van der Waals surface area contributed by atoms with Gasteiger partial charge < -0.3 is 10.4 Å². The number of carbonyl (C=O) groups excluding carboxylic acids is 1. The van der Waals surface area contributed by atoms with E-state index in [-0.39, 0.29) is 25.0 Å². The summed E-state index contributed by atoms with van der Waals surface area (Å²) in [6, 6.07) is 5.79. The van der Waals surface area contributed by atoms with Crippen molar-refractivity contribution in [1.29, 1.82) is 0 Å². The molecule has 0 spiro atoms. The van der Waals surface area contributed by atoms with Crippen LogP contribution < -0.4 is 5.32 Å². The van der Waals surface area contributed by atoms with E-state index in [1.807, 2.05) is 45.9 Å². The lowest BCUT2D eigenvalue weighted by Gasteiger charge is -2.24. The van der Waals surface area contributed by atoms with E-state index < -0.39 is 5.97 Å². The lowest BCUT2D eigenvalue weighted by Crippen LogP contribution is -2.41. The highest BCUT2D eigenvalue weighted by atomic mass is 16.4. The lowest BCUT2D eigenvalue weighted by molar-refractivity contribution is -0.139. The van der Waals surface area contributed by atoms with E-state index in [0.29, 0.717) is 0 Å². The molecule has 0 saturated heterocycles. The summed E-state index contributed by atoms with van der Waals surface area (Å²) in [7, 11) is 0. The van der Waals surface area contributed by atoms with Gasteiger partial charge in [0.05, 0.1) is 13.1 Å². The van der Waals surface area contributed by atoms with E-state index >= 15 is 0 Å². The fourth-order valence-corrected chi connectivity index (χ4v) is 1.97. The molecule has 1 aromatic rings. The van der Waals surface area contributed by atoms with Gasteiger partial charge in [-0.25, -0.2) is 0 Å². The molecule has 0 aliphatic heterocycles. The third-order valence-electron chi connectivity index (χ3n) is 3.16. The summed E-state index contributed by atoms with van der Waals surface area (Å²) in [6.45, 7) is 7.53. The minimum atomic E-state index is -0.932. The molecule has 0 radical (unpaired) electrons. The number of rotatable bonds is 6. The average molecular weight is 278 g/mol. The zero-order valence-corrected chi connectivity index (χ0v) is 12.4. The molecular weight excluding hydrogens is 256 g/mol. The summed E-state index contributed by atoms with van der Waals surface area (Å²) in [6.07, 6.45) is 0. The molecule has 2 N–H and O–H groups in total. The molecule has 5 heteroatoms. The maximum absolute atomic E-state index is 12.1. The van der Waals surface area contributed by atoms with Gasteiger partial charge in [0.15, 0.2) is 0 Å². The first-order valence-electron chi connectivity index (χ1n) is 6.63. The molecule has 0 saturated carbocycles. The predicted octanol–water partition coefficient (Wildman–Crippen LogP) is 2.04. The maximum atomic E-state index is 12.1. The lowest BCUT2D eigenvalue weighted by atomic mass is 10.1. The highest BCUT2D eigenvalue weighted by Gasteiger charge is 2.17. The van der Waals surface area contributed by atoms with E-state index in [1.54, 1.807) is 4.90 Å². The van der Waals surface area contributed by atoms with Crippen LogP contribution in [0.1, 0.15) is 25.0 Å². The van der Waals surface area contributed by atoms with Crippen molar-refractivity contribution in [2.75, 3.05) is 18.4 Å². The van der Waals surface area contributed by atoms with Crippen LogP contribution in [0.25, 0.3) is 0 Å². The monoisotopic (exact) mass is 278 g/mol. The Morgan fingerprint density at radius 2 is 1.75 bits per heavy atom. The maximum Gasteiger partial charge on any atom is 0.317 e. The molecule has 110 valence electrons. The Kier molecular flexibility index (Phi) is 5.70. The van der Waals surface area contributed by atoms with Gasteiger partial charge in [-0.1, -0.05) is 18.2 Å². The van der Waals surface area contributed by atoms with Crippen molar-refractivity contribution in [3.63, 3.8) is 0 Å². The third kappa shape index (κ3) is 4.66. The number of nitrogens with one attached hydrogen (secondary N) is 1. The fourth-order valence-electron chi connectivity index (χ4n) is 1.97. The highest BCUT2D eigenvalue weighted by Crippen LogP contribution is 2.19. The standard InChI is InChI=1S/C15H22N2O3/c1-10(2)17(9-14(19)20)8-13(18)16-15-11(3)6-5-7-12(15)4/h5-7,10H,8-9H2,1-4H3,(H,16,18)(H,19,20). The van der Waals surface area contributed by atoms with Gasteiger partial charge in [0.1, 0.15) is 0 Å². The van der Waals surface area contributed by atoms with Crippen LogP contribution in [0.5, 0.6) is 0 Å². The summed E-state index contributed by atoms with van der Waals surface area (Å²) < 4.78 is 0. The second-order valence-electron chi connectivity index (χ2n) is 5.21. The first kappa shape index (κ1) is 16.2. The minimum absolute atomic E-state index is 0.00480. The minimum Gasteiger partial charge on any atom is -0.480 e. The van der Waals surface area contributed by atoms with Crippen LogP contribution in [-0.4, -0.2) is 41.0 Å². The largest absolute Gasteiger partial charge is 0.480 e. The molecule has 0 atom stereocenters. The SMILES string of the molecule is Cc1cccc(C)c1NC(=O)CN(CC(=O)O)C(C)C. The molecule has 0 aliphatic carbocycles. The number of carbonyl (C=O) groups is 2. The molecule has 5 nitrogen and oxygen atoms in total. The predicted molar refractivity (Wildman–Crippen MR) is 78.9 cm³/mol. The van der Waals surface area contributed by atoms with Crippen molar-refractivity contribution in [3.05, 3.63) is 29.3 Å². The fraction of sp³-hybridized carbons (Fsp3) is 0.467. The number of aliphatic carboxylic acids is 1. The number of carboxylic acids is 1. The quantitative estimate of drug-likeness (QED) is 0.835.